The zero-order chi connectivity index (χ0) is 11.3. The van der Waals surface area contributed by atoms with Gasteiger partial charge >= 0.3 is 0 Å². The summed E-state index contributed by atoms with van der Waals surface area (Å²) in [7, 11) is 0. The number of rotatable bonds is 1. The highest BCUT2D eigenvalue weighted by Crippen LogP contribution is 2.25. The van der Waals surface area contributed by atoms with E-state index in [1.165, 1.54) is 24.1 Å². The molecule has 0 bridgehead atoms. The molecule has 1 nitrogen and oxygen atoms in total. The van der Waals surface area contributed by atoms with Crippen LogP contribution in [0.1, 0.15) is 42.5 Å². The highest BCUT2D eigenvalue weighted by Gasteiger charge is 2.16. The standard InChI is InChI=1S/C11H17NS.C2H6/c1-3-10-7-11-9(4-5-12-10)6-8(2)13-11;1-2/h6,10,12H,3-5,7H2,1-2H3;1-2H3. The smallest absolute Gasteiger partial charge is 0.0113 e. The van der Waals surface area contributed by atoms with Crippen LogP contribution < -0.4 is 5.32 Å². The fourth-order valence-electron chi connectivity index (χ4n) is 2.00. The van der Waals surface area contributed by atoms with Crippen molar-refractivity contribution in [2.24, 2.45) is 0 Å². The van der Waals surface area contributed by atoms with Crippen LogP contribution in [0, 0.1) is 6.92 Å². The van der Waals surface area contributed by atoms with Crippen molar-refractivity contribution in [3.63, 3.8) is 0 Å². The van der Waals surface area contributed by atoms with Gasteiger partial charge in [-0.1, -0.05) is 20.8 Å². The van der Waals surface area contributed by atoms with E-state index in [-0.39, 0.29) is 0 Å². The Morgan fingerprint density at radius 1 is 1.47 bits per heavy atom. The van der Waals surface area contributed by atoms with Crippen molar-refractivity contribution in [1.29, 1.82) is 0 Å². The first-order chi connectivity index (χ1) is 7.29. The van der Waals surface area contributed by atoms with Gasteiger partial charge in [-0.3, -0.25) is 0 Å². The first kappa shape index (κ1) is 12.7. The van der Waals surface area contributed by atoms with Crippen LogP contribution in [-0.4, -0.2) is 12.6 Å². The molecule has 0 fully saturated rings. The molecule has 1 aromatic rings. The van der Waals surface area contributed by atoms with Crippen LogP contribution in [-0.2, 0) is 12.8 Å². The maximum atomic E-state index is 3.59. The van der Waals surface area contributed by atoms with E-state index in [9.17, 15) is 0 Å². The molecule has 0 spiro atoms. The number of aryl methyl sites for hydroxylation is 1. The third-order valence-corrected chi connectivity index (χ3v) is 3.89. The largest absolute Gasteiger partial charge is 0.313 e. The summed E-state index contributed by atoms with van der Waals surface area (Å²) < 4.78 is 0. The van der Waals surface area contributed by atoms with Gasteiger partial charge in [0.15, 0.2) is 0 Å². The molecule has 86 valence electrons. The van der Waals surface area contributed by atoms with Gasteiger partial charge in [0.2, 0.25) is 0 Å². The predicted molar refractivity (Wildman–Crippen MR) is 69.9 cm³/mol. The average molecular weight is 225 g/mol. The maximum Gasteiger partial charge on any atom is 0.0113 e. The Labute approximate surface area is 97.9 Å². The molecule has 2 rings (SSSR count). The van der Waals surface area contributed by atoms with Crippen molar-refractivity contribution in [1.82, 2.24) is 5.32 Å². The molecule has 0 radical (unpaired) electrons. The number of nitrogens with one attached hydrogen (secondary N) is 1. The third-order valence-electron chi connectivity index (χ3n) is 2.77. The second-order valence-electron chi connectivity index (χ2n) is 3.82. The Kier molecular flexibility index (Phi) is 5.34. The van der Waals surface area contributed by atoms with Crippen LogP contribution in [0.4, 0.5) is 0 Å². The van der Waals surface area contributed by atoms with Crippen molar-refractivity contribution < 1.29 is 0 Å². The molecule has 0 aromatic carbocycles. The minimum atomic E-state index is 0.708. The van der Waals surface area contributed by atoms with E-state index < -0.39 is 0 Å². The summed E-state index contributed by atoms with van der Waals surface area (Å²) in [5, 5.41) is 3.59. The molecule has 1 aliphatic heterocycles. The summed E-state index contributed by atoms with van der Waals surface area (Å²) >= 11 is 1.98. The van der Waals surface area contributed by atoms with Gasteiger partial charge < -0.3 is 5.32 Å². The van der Waals surface area contributed by atoms with E-state index in [0.29, 0.717) is 6.04 Å². The molecular formula is C13H23NS. The Bertz CT molecular complexity index is 291. The molecule has 1 N–H and O–H groups in total. The van der Waals surface area contributed by atoms with Crippen LogP contribution in [0.5, 0.6) is 0 Å². The normalized spacial score (nSPS) is 19.9. The zero-order valence-electron chi connectivity index (χ0n) is 10.4. The molecule has 0 saturated heterocycles. The Balaban J connectivity index is 0.000000531. The van der Waals surface area contributed by atoms with E-state index in [1.807, 2.05) is 25.2 Å². The average Bonchev–Trinajstić information content (AvgIpc) is 2.49. The van der Waals surface area contributed by atoms with Gasteiger partial charge in [-0.05, 0) is 44.4 Å². The summed E-state index contributed by atoms with van der Waals surface area (Å²) in [4.78, 5) is 3.09. The van der Waals surface area contributed by atoms with Crippen LogP contribution in [0.25, 0.3) is 0 Å². The molecule has 1 atom stereocenters. The Hall–Kier alpha value is -0.340. The van der Waals surface area contributed by atoms with E-state index in [4.69, 9.17) is 0 Å². The molecule has 15 heavy (non-hydrogen) atoms. The second kappa shape index (κ2) is 6.29. The summed E-state index contributed by atoms with van der Waals surface area (Å²) in [5.41, 5.74) is 1.59. The van der Waals surface area contributed by atoms with E-state index in [1.54, 1.807) is 10.4 Å². The number of fused-ring (bicyclic) bond motifs is 1. The topological polar surface area (TPSA) is 12.0 Å². The Morgan fingerprint density at radius 3 is 2.87 bits per heavy atom. The van der Waals surface area contributed by atoms with E-state index >= 15 is 0 Å². The van der Waals surface area contributed by atoms with Gasteiger partial charge in [-0.15, -0.1) is 11.3 Å². The van der Waals surface area contributed by atoms with Gasteiger partial charge in [0, 0.05) is 15.8 Å². The van der Waals surface area contributed by atoms with Crippen LogP contribution in [0.15, 0.2) is 6.07 Å². The maximum absolute atomic E-state index is 3.59. The molecule has 0 amide bonds. The summed E-state index contributed by atoms with van der Waals surface area (Å²) in [5.74, 6) is 0. The molecule has 0 saturated carbocycles. The number of thiophene rings is 1. The van der Waals surface area contributed by atoms with E-state index in [2.05, 4.69) is 25.2 Å². The SMILES string of the molecule is CC.CCC1Cc2sc(C)cc2CCN1. The molecule has 1 aromatic heterocycles. The first-order valence-corrected chi connectivity index (χ1v) is 6.93. The summed E-state index contributed by atoms with van der Waals surface area (Å²) in [6.07, 6.45) is 3.71. The lowest BCUT2D eigenvalue weighted by Crippen LogP contribution is -2.29. The second-order valence-corrected chi connectivity index (χ2v) is 5.16. The number of hydrogen-bond donors (Lipinski definition) is 1. The minimum Gasteiger partial charge on any atom is -0.313 e. The lowest BCUT2D eigenvalue weighted by molar-refractivity contribution is 0.515. The summed E-state index contributed by atoms with van der Waals surface area (Å²) in [6, 6.07) is 3.07. The van der Waals surface area contributed by atoms with Crippen molar-refractivity contribution in [3.05, 3.63) is 21.4 Å². The Morgan fingerprint density at radius 2 is 2.20 bits per heavy atom. The molecule has 2 heterocycles. The predicted octanol–water partition coefficient (Wildman–Crippen LogP) is 3.55. The van der Waals surface area contributed by atoms with Gasteiger partial charge in [0.05, 0.1) is 0 Å². The van der Waals surface area contributed by atoms with Crippen molar-refractivity contribution in [3.8, 4) is 0 Å². The van der Waals surface area contributed by atoms with Gasteiger partial charge in [0.1, 0.15) is 0 Å². The van der Waals surface area contributed by atoms with Gasteiger partial charge in [-0.25, -0.2) is 0 Å². The fourth-order valence-corrected chi connectivity index (χ4v) is 3.16. The number of hydrogen-bond acceptors (Lipinski definition) is 2. The molecular weight excluding hydrogens is 202 g/mol. The molecule has 1 aliphatic rings. The van der Waals surface area contributed by atoms with E-state index in [0.717, 1.165) is 6.54 Å². The molecule has 0 aliphatic carbocycles. The minimum absolute atomic E-state index is 0.708. The first-order valence-electron chi connectivity index (χ1n) is 6.11. The lowest BCUT2D eigenvalue weighted by Gasteiger charge is -2.12. The van der Waals surface area contributed by atoms with Crippen molar-refractivity contribution >= 4 is 11.3 Å². The highest BCUT2D eigenvalue weighted by molar-refractivity contribution is 7.12. The quantitative estimate of drug-likeness (QED) is 0.771. The van der Waals surface area contributed by atoms with Crippen LogP contribution in [0.3, 0.4) is 0 Å². The van der Waals surface area contributed by atoms with Crippen molar-refractivity contribution in [2.45, 2.75) is 53.0 Å². The van der Waals surface area contributed by atoms with Gasteiger partial charge in [-0.2, -0.15) is 0 Å². The highest BCUT2D eigenvalue weighted by atomic mass is 32.1. The molecule has 1 unspecified atom stereocenters. The zero-order valence-corrected chi connectivity index (χ0v) is 11.2. The summed E-state index contributed by atoms with van der Waals surface area (Å²) in [6.45, 7) is 9.64. The third kappa shape index (κ3) is 3.32. The monoisotopic (exact) mass is 225 g/mol. The van der Waals surface area contributed by atoms with Gasteiger partial charge in [0.25, 0.3) is 0 Å². The van der Waals surface area contributed by atoms with Crippen LogP contribution in [0.2, 0.25) is 0 Å². The lowest BCUT2D eigenvalue weighted by atomic mass is 10.1. The fraction of sp³-hybridized carbons (Fsp3) is 0.692. The van der Waals surface area contributed by atoms with Crippen LogP contribution >= 0.6 is 11.3 Å². The molecule has 2 heteroatoms. The van der Waals surface area contributed by atoms with Crippen molar-refractivity contribution in [2.75, 3.05) is 6.54 Å².